The van der Waals surface area contributed by atoms with Gasteiger partial charge in [0.2, 0.25) is 10.0 Å². The Balaban J connectivity index is 2.92. The van der Waals surface area contributed by atoms with Crippen molar-refractivity contribution in [3.8, 4) is 0 Å². The number of hydrogen-bond donors (Lipinski definition) is 0. The van der Waals surface area contributed by atoms with Crippen LogP contribution >= 0.6 is 87.6 Å². The second-order valence-electron chi connectivity index (χ2n) is 1.46. The molecule has 10 heteroatoms. The average Bonchev–Trinajstić information content (AvgIpc) is 2.08. The van der Waals surface area contributed by atoms with E-state index in [4.69, 9.17) is 55.9 Å². The van der Waals surface area contributed by atoms with Gasteiger partial charge in [-0.25, -0.2) is 0 Å². The second-order valence-corrected chi connectivity index (χ2v) is 9.39. The van der Waals surface area contributed by atoms with E-state index in [1.54, 1.807) is 0 Å². The molecular formula is C4H6Cl4O2S4. The summed E-state index contributed by atoms with van der Waals surface area (Å²) in [7, 11) is 6.04. The van der Waals surface area contributed by atoms with Crippen LogP contribution in [0, 0.1) is 0 Å². The van der Waals surface area contributed by atoms with Crippen LogP contribution in [0.2, 0.25) is 0 Å². The Morgan fingerprint density at radius 2 is 1.14 bits per heavy atom. The van der Waals surface area contributed by atoms with Crippen molar-refractivity contribution >= 4 is 87.6 Å². The highest BCUT2D eigenvalue weighted by molar-refractivity contribution is 9.26. The molecule has 0 saturated heterocycles. The summed E-state index contributed by atoms with van der Waals surface area (Å²) in [6.45, 7) is 0. The third kappa shape index (κ3) is 14.5. The molecule has 2 nitrogen and oxygen atoms in total. The summed E-state index contributed by atoms with van der Waals surface area (Å²) in [5, 5.41) is -1.53. The van der Waals surface area contributed by atoms with Gasteiger partial charge in [0.25, 0.3) is 0 Å². The van der Waals surface area contributed by atoms with Gasteiger partial charge >= 0.3 is 0 Å². The normalized spacial score (nSPS) is 11.6. The van der Waals surface area contributed by atoms with Crippen LogP contribution in [0.5, 0.6) is 0 Å². The monoisotopic (exact) mass is 354 g/mol. The summed E-state index contributed by atoms with van der Waals surface area (Å²) < 4.78 is 9.73. The van der Waals surface area contributed by atoms with Crippen molar-refractivity contribution in [2.75, 3.05) is 11.9 Å². The van der Waals surface area contributed by atoms with E-state index in [9.17, 15) is 0 Å². The molecule has 0 aromatic heterocycles. The van der Waals surface area contributed by atoms with E-state index in [1.165, 1.54) is 41.2 Å². The predicted octanol–water partition coefficient (Wildman–Crippen LogP) is 5.13. The third-order valence-corrected chi connectivity index (χ3v) is 6.88. The molecule has 0 aromatic carbocycles. The lowest BCUT2D eigenvalue weighted by atomic mass is 11.5. The number of rotatable bonds is 9. The van der Waals surface area contributed by atoms with Gasteiger partial charge in [-0.1, -0.05) is 68.0 Å². The number of ether oxygens (including phenoxy) is 2. The maximum Gasteiger partial charge on any atom is 0.207 e. The Hall–Kier alpha value is 2.48. The Morgan fingerprint density at radius 3 is 1.43 bits per heavy atom. The van der Waals surface area contributed by atoms with Gasteiger partial charge in [0.15, 0.2) is 0 Å². The number of alkyl halides is 4. The maximum absolute atomic E-state index is 5.33. The van der Waals surface area contributed by atoms with Gasteiger partial charge in [0.05, 0.1) is 0 Å². The molecule has 0 spiro atoms. The smallest absolute Gasteiger partial charge is 0.207 e. The zero-order valence-corrected chi connectivity index (χ0v) is 12.8. The van der Waals surface area contributed by atoms with E-state index in [1.807, 2.05) is 0 Å². The van der Waals surface area contributed by atoms with E-state index in [-0.39, 0.29) is 0 Å². The molecule has 0 aliphatic carbocycles. The molecule has 0 saturated carbocycles. The molecule has 0 atom stereocenters. The summed E-state index contributed by atoms with van der Waals surface area (Å²) in [4.78, 5) is 0. The van der Waals surface area contributed by atoms with E-state index in [2.05, 4.69) is 0 Å². The van der Waals surface area contributed by atoms with Gasteiger partial charge in [0, 0.05) is 0 Å². The third-order valence-electron chi connectivity index (χ3n) is 0.608. The van der Waals surface area contributed by atoms with Gasteiger partial charge in [-0.2, -0.15) is 0 Å². The molecule has 0 N–H and O–H groups in total. The standard InChI is InChI=1S/C4H6Cl4O2S4/c5-3(6)9-1-11-13-14-12-2-10-4(7)8/h3-4H,1-2H2. The Labute approximate surface area is 118 Å². The summed E-state index contributed by atoms with van der Waals surface area (Å²) in [6, 6.07) is 0. The van der Waals surface area contributed by atoms with E-state index < -0.39 is 10.0 Å². The van der Waals surface area contributed by atoms with Crippen LogP contribution in [-0.4, -0.2) is 21.9 Å². The van der Waals surface area contributed by atoms with E-state index >= 15 is 0 Å². The molecule has 0 fully saturated rings. The largest absolute Gasteiger partial charge is 0.337 e. The van der Waals surface area contributed by atoms with Crippen LogP contribution in [-0.2, 0) is 9.47 Å². The first-order chi connectivity index (χ1) is 6.63. The van der Waals surface area contributed by atoms with Crippen LogP contribution in [0.4, 0.5) is 0 Å². The summed E-state index contributed by atoms with van der Waals surface area (Å²) in [5.41, 5.74) is 0. The minimum Gasteiger partial charge on any atom is -0.337 e. The number of halogens is 4. The molecule has 86 valence electrons. The first-order valence-electron chi connectivity index (χ1n) is 3.00. The lowest BCUT2D eigenvalue weighted by molar-refractivity contribution is 0.209. The second kappa shape index (κ2) is 12.0. The molecule has 0 heterocycles. The van der Waals surface area contributed by atoms with Gasteiger partial charge in [-0.05, 0) is 19.7 Å². The first kappa shape index (κ1) is 16.5. The summed E-state index contributed by atoms with van der Waals surface area (Å²) in [5.74, 6) is 0.870. The Kier molecular flexibility index (Phi) is 14.1. The van der Waals surface area contributed by atoms with Crippen LogP contribution < -0.4 is 0 Å². The molecule has 0 aliphatic heterocycles. The van der Waals surface area contributed by atoms with Crippen molar-refractivity contribution in [3.63, 3.8) is 0 Å². The van der Waals surface area contributed by atoms with Crippen molar-refractivity contribution in [1.82, 2.24) is 0 Å². The lowest BCUT2D eigenvalue weighted by Crippen LogP contribution is -1.93. The van der Waals surface area contributed by atoms with Crippen molar-refractivity contribution < 1.29 is 9.47 Å². The molecule has 0 amide bonds. The fraction of sp³-hybridized carbons (Fsp3) is 1.00. The fourth-order valence-corrected chi connectivity index (χ4v) is 5.67. The molecule has 0 aliphatic rings. The van der Waals surface area contributed by atoms with E-state index in [0.717, 1.165) is 0 Å². The van der Waals surface area contributed by atoms with Crippen LogP contribution in [0.15, 0.2) is 0 Å². The average molecular weight is 356 g/mol. The minimum absolute atomic E-state index is 0.435. The molecule has 0 unspecified atom stereocenters. The zero-order chi connectivity index (χ0) is 10.8. The summed E-state index contributed by atoms with van der Waals surface area (Å²) >= 11 is 21.3. The summed E-state index contributed by atoms with van der Waals surface area (Å²) in [6.07, 6.45) is 0. The zero-order valence-electron chi connectivity index (χ0n) is 6.53. The molecule has 0 rings (SSSR count). The lowest BCUT2D eigenvalue weighted by Gasteiger charge is -2.03. The van der Waals surface area contributed by atoms with Crippen molar-refractivity contribution in [2.45, 2.75) is 10.0 Å². The highest BCUT2D eigenvalue weighted by Gasteiger charge is 2.00. The highest BCUT2D eigenvalue weighted by atomic mass is 35.5. The Bertz CT molecular complexity index is 116. The highest BCUT2D eigenvalue weighted by Crippen LogP contribution is 2.43. The SMILES string of the molecule is ClC(Cl)OCSSSSCOC(Cl)Cl. The number of hydrogen-bond acceptors (Lipinski definition) is 6. The molecule has 0 radical (unpaired) electrons. The van der Waals surface area contributed by atoms with Gasteiger partial charge < -0.3 is 9.47 Å². The quantitative estimate of drug-likeness (QED) is 0.245. The maximum atomic E-state index is 5.33. The first-order valence-corrected chi connectivity index (χ1v) is 9.90. The van der Waals surface area contributed by atoms with Gasteiger partial charge in [0.1, 0.15) is 11.9 Å². The molecular weight excluding hydrogens is 350 g/mol. The van der Waals surface area contributed by atoms with Crippen molar-refractivity contribution in [3.05, 3.63) is 0 Å². The van der Waals surface area contributed by atoms with Gasteiger partial charge in [-0.3, -0.25) is 0 Å². The predicted molar refractivity (Wildman–Crippen MR) is 73.3 cm³/mol. The van der Waals surface area contributed by atoms with Crippen LogP contribution in [0.1, 0.15) is 0 Å². The van der Waals surface area contributed by atoms with Gasteiger partial charge in [-0.15, -0.1) is 0 Å². The van der Waals surface area contributed by atoms with Crippen LogP contribution in [0.3, 0.4) is 0 Å². The van der Waals surface area contributed by atoms with Crippen molar-refractivity contribution in [2.24, 2.45) is 0 Å². The fourth-order valence-electron chi connectivity index (χ4n) is 0.237. The molecule has 0 aromatic rings. The Morgan fingerprint density at radius 1 is 0.786 bits per heavy atom. The van der Waals surface area contributed by atoms with E-state index in [0.29, 0.717) is 11.9 Å². The molecule has 0 bridgehead atoms. The minimum atomic E-state index is -0.766. The molecule has 14 heavy (non-hydrogen) atoms. The topological polar surface area (TPSA) is 18.5 Å². The van der Waals surface area contributed by atoms with Crippen molar-refractivity contribution in [1.29, 1.82) is 0 Å². The van der Waals surface area contributed by atoms with Crippen LogP contribution in [0.25, 0.3) is 0 Å².